The molecule has 0 saturated carbocycles. The van der Waals surface area contributed by atoms with E-state index in [1.54, 1.807) is 6.92 Å². The summed E-state index contributed by atoms with van der Waals surface area (Å²) in [5.74, 6) is -0.320. The molecule has 1 N–H and O–H groups in total. The third-order valence-electron chi connectivity index (χ3n) is 1.16. The molecule has 0 spiro atoms. The highest BCUT2D eigenvalue weighted by molar-refractivity contribution is 5.69. The van der Waals surface area contributed by atoms with Gasteiger partial charge < -0.3 is 9.52 Å². The highest BCUT2D eigenvalue weighted by Gasteiger charge is 2.06. The molecule has 0 bridgehead atoms. The number of aromatic nitrogens is 1. The average molecular weight is 141 g/mol. The molecule has 0 aliphatic carbocycles. The molecule has 1 aromatic heterocycles. The number of carboxylic acids is 1. The fraction of sp³-hybridized carbons (Fsp3) is 0.333. The number of hydrogen-bond acceptors (Lipinski definition) is 3. The number of oxazole rings is 1. The molecule has 0 atom stereocenters. The lowest BCUT2D eigenvalue weighted by atomic mass is 10.3. The summed E-state index contributed by atoms with van der Waals surface area (Å²) >= 11 is 0. The van der Waals surface area contributed by atoms with Crippen LogP contribution in [0.15, 0.2) is 10.8 Å². The van der Waals surface area contributed by atoms with Crippen molar-refractivity contribution in [2.45, 2.75) is 13.3 Å². The summed E-state index contributed by atoms with van der Waals surface area (Å²) in [6.45, 7) is 1.69. The molecule has 0 aromatic carbocycles. The highest BCUT2D eigenvalue weighted by Crippen LogP contribution is 2.04. The molecule has 1 rings (SSSR count). The summed E-state index contributed by atoms with van der Waals surface area (Å²) < 4.78 is 4.79. The molecule has 1 aromatic rings. The second-order valence-corrected chi connectivity index (χ2v) is 1.93. The van der Waals surface area contributed by atoms with Crippen molar-refractivity contribution in [1.29, 1.82) is 0 Å². The molecule has 0 aliphatic rings. The minimum atomic E-state index is -0.892. The van der Waals surface area contributed by atoms with Crippen LogP contribution in [0.4, 0.5) is 0 Å². The summed E-state index contributed by atoms with van der Waals surface area (Å²) in [4.78, 5) is 13.8. The number of aliphatic carboxylic acids is 1. The van der Waals surface area contributed by atoms with Gasteiger partial charge >= 0.3 is 5.97 Å². The van der Waals surface area contributed by atoms with Gasteiger partial charge in [-0.3, -0.25) is 4.79 Å². The molecule has 0 unspecified atom stereocenters. The van der Waals surface area contributed by atoms with Crippen molar-refractivity contribution in [3.05, 3.63) is 17.8 Å². The molecule has 4 nitrogen and oxygen atoms in total. The first-order valence-corrected chi connectivity index (χ1v) is 2.81. The van der Waals surface area contributed by atoms with Crippen LogP contribution in [0.3, 0.4) is 0 Å². The zero-order chi connectivity index (χ0) is 7.56. The number of carboxylic acid groups (broad SMARTS) is 1. The van der Waals surface area contributed by atoms with Crippen molar-refractivity contribution >= 4 is 5.97 Å². The Balaban J connectivity index is 2.74. The quantitative estimate of drug-likeness (QED) is 0.655. The van der Waals surface area contributed by atoms with Crippen molar-refractivity contribution in [3.63, 3.8) is 0 Å². The molecule has 54 valence electrons. The SMILES string of the molecule is Cc1ocnc1CC(=O)O. The van der Waals surface area contributed by atoms with E-state index in [9.17, 15) is 4.79 Å². The lowest BCUT2D eigenvalue weighted by molar-refractivity contribution is -0.136. The van der Waals surface area contributed by atoms with Crippen LogP contribution >= 0.6 is 0 Å². The monoisotopic (exact) mass is 141 g/mol. The number of carbonyl (C=O) groups is 1. The van der Waals surface area contributed by atoms with E-state index in [-0.39, 0.29) is 6.42 Å². The van der Waals surface area contributed by atoms with E-state index < -0.39 is 5.97 Å². The Kier molecular flexibility index (Phi) is 1.71. The zero-order valence-corrected chi connectivity index (χ0v) is 5.50. The van der Waals surface area contributed by atoms with Gasteiger partial charge in [0.05, 0.1) is 12.1 Å². The molecule has 0 fully saturated rings. The van der Waals surface area contributed by atoms with Crippen LogP contribution in [0.1, 0.15) is 11.5 Å². The minimum absolute atomic E-state index is 0.0671. The fourth-order valence-electron chi connectivity index (χ4n) is 0.641. The van der Waals surface area contributed by atoms with Crippen molar-refractivity contribution < 1.29 is 14.3 Å². The highest BCUT2D eigenvalue weighted by atomic mass is 16.4. The maximum Gasteiger partial charge on any atom is 0.309 e. The van der Waals surface area contributed by atoms with Gasteiger partial charge in [-0.25, -0.2) is 4.98 Å². The van der Waals surface area contributed by atoms with E-state index in [1.165, 1.54) is 6.39 Å². The van der Waals surface area contributed by atoms with E-state index in [2.05, 4.69) is 4.98 Å². The maximum atomic E-state index is 10.1. The molecule has 0 radical (unpaired) electrons. The van der Waals surface area contributed by atoms with E-state index in [0.29, 0.717) is 11.5 Å². The predicted molar refractivity (Wildman–Crippen MR) is 32.6 cm³/mol. The summed E-state index contributed by atoms with van der Waals surface area (Å²) in [5.41, 5.74) is 0.493. The number of rotatable bonds is 2. The molecular weight excluding hydrogens is 134 g/mol. The second-order valence-electron chi connectivity index (χ2n) is 1.93. The molecule has 0 saturated heterocycles. The molecular formula is C6H7NO3. The van der Waals surface area contributed by atoms with E-state index >= 15 is 0 Å². The van der Waals surface area contributed by atoms with Gasteiger partial charge in [0, 0.05) is 0 Å². The van der Waals surface area contributed by atoms with Crippen molar-refractivity contribution in [1.82, 2.24) is 4.98 Å². The number of nitrogens with zero attached hydrogens (tertiary/aromatic N) is 1. The summed E-state index contributed by atoms with van der Waals surface area (Å²) in [5, 5.41) is 8.33. The van der Waals surface area contributed by atoms with Gasteiger partial charge in [0.15, 0.2) is 6.39 Å². The Morgan fingerprint density at radius 2 is 2.60 bits per heavy atom. The standard InChI is InChI=1S/C6H7NO3/c1-4-5(2-6(8)9)7-3-10-4/h3H,2H2,1H3,(H,8,9). The van der Waals surface area contributed by atoms with Gasteiger partial charge in [0.25, 0.3) is 0 Å². The van der Waals surface area contributed by atoms with Gasteiger partial charge in [0.1, 0.15) is 5.76 Å². The molecule has 0 aliphatic heterocycles. The average Bonchev–Trinajstić information content (AvgIpc) is 2.15. The minimum Gasteiger partial charge on any atom is -0.481 e. The topological polar surface area (TPSA) is 63.3 Å². The first kappa shape index (κ1) is 6.80. The molecule has 1 heterocycles. The van der Waals surface area contributed by atoms with Crippen LogP contribution in [0.2, 0.25) is 0 Å². The van der Waals surface area contributed by atoms with Crippen molar-refractivity contribution in [2.24, 2.45) is 0 Å². The van der Waals surface area contributed by atoms with Gasteiger partial charge in [-0.05, 0) is 6.92 Å². The Hall–Kier alpha value is -1.32. The summed E-state index contributed by atoms with van der Waals surface area (Å²) in [6.07, 6.45) is 1.18. The number of aryl methyl sites for hydroxylation is 1. The fourth-order valence-corrected chi connectivity index (χ4v) is 0.641. The first-order chi connectivity index (χ1) is 4.70. The predicted octanol–water partition coefficient (Wildman–Crippen LogP) is 0.610. The van der Waals surface area contributed by atoms with Crippen LogP contribution in [-0.4, -0.2) is 16.1 Å². The van der Waals surface area contributed by atoms with Crippen LogP contribution in [-0.2, 0) is 11.2 Å². The van der Waals surface area contributed by atoms with Crippen molar-refractivity contribution in [2.75, 3.05) is 0 Å². The van der Waals surface area contributed by atoms with Crippen LogP contribution in [0, 0.1) is 6.92 Å². The van der Waals surface area contributed by atoms with Gasteiger partial charge in [-0.1, -0.05) is 0 Å². The number of hydrogen-bond donors (Lipinski definition) is 1. The first-order valence-electron chi connectivity index (χ1n) is 2.81. The van der Waals surface area contributed by atoms with Crippen LogP contribution < -0.4 is 0 Å². The van der Waals surface area contributed by atoms with Gasteiger partial charge in [0.2, 0.25) is 0 Å². The Morgan fingerprint density at radius 1 is 1.90 bits per heavy atom. The Labute approximate surface area is 57.5 Å². The molecule has 4 heteroatoms. The van der Waals surface area contributed by atoms with E-state index in [4.69, 9.17) is 9.52 Å². The van der Waals surface area contributed by atoms with Gasteiger partial charge in [-0.15, -0.1) is 0 Å². The summed E-state index contributed by atoms with van der Waals surface area (Å²) in [7, 11) is 0. The molecule has 10 heavy (non-hydrogen) atoms. The van der Waals surface area contributed by atoms with Crippen LogP contribution in [0.5, 0.6) is 0 Å². The van der Waals surface area contributed by atoms with Gasteiger partial charge in [-0.2, -0.15) is 0 Å². The maximum absolute atomic E-state index is 10.1. The lowest BCUT2D eigenvalue weighted by Gasteiger charge is -1.88. The second kappa shape index (κ2) is 2.51. The smallest absolute Gasteiger partial charge is 0.309 e. The Bertz CT molecular complexity index is 241. The summed E-state index contributed by atoms with van der Waals surface area (Å²) in [6, 6.07) is 0. The third-order valence-corrected chi connectivity index (χ3v) is 1.16. The Morgan fingerprint density at radius 3 is 3.00 bits per heavy atom. The van der Waals surface area contributed by atoms with E-state index in [0.717, 1.165) is 0 Å². The van der Waals surface area contributed by atoms with Crippen LogP contribution in [0.25, 0.3) is 0 Å². The lowest BCUT2D eigenvalue weighted by Crippen LogP contribution is -2.01. The van der Waals surface area contributed by atoms with E-state index in [1.807, 2.05) is 0 Å². The zero-order valence-electron chi connectivity index (χ0n) is 5.50. The van der Waals surface area contributed by atoms with Crippen molar-refractivity contribution in [3.8, 4) is 0 Å². The third kappa shape index (κ3) is 1.34. The molecule has 0 amide bonds. The normalized spacial score (nSPS) is 9.70. The largest absolute Gasteiger partial charge is 0.481 e.